The molecule has 162 valence electrons. The van der Waals surface area contributed by atoms with Crippen LogP contribution in [0.3, 0.4) is 0 Å². The fraction of sp³-hybridized carbons (Fsp3) is 0.167. The Morgan fingerprint density at radius 1 is 1.13 bits per heavy atom. The zero-order chi connectivity index (χ0) is 22.6. The molecule has 3 rings (SSSR count). The van der Waals surface area contributed by atoms with Gasteiger partial charge in [0.1, 0.15) is 5.75 Å². The third-order valence-corrected chi connectivity index (χ3v) is 4.88. The summed E-state index contributed by atoms with van der Waals surface area (Å²) in [6.45, 7) is 1.64. The molecule has 1 aromatic heterocycles. The predicted octanol–water partition coefficient (Wildman–Crippen LogP) is 2.78. The van der Waals surface area contributed by atoms with Gasteiger partial charge < -0.3 is 15.8 Å². The average molecular weight is 452 g/mol. The number of anilines is 1. The highest BCUT2D eigenvalue weighted by Crippen LogP contribution is 2.27. The molecule has 1 atom stereocenters. The number of tetrazole rings is 1. The maximum Gasteiger partial charge on any atom is 0.573 e. The number of amides is 2. The summed E-state index contributed by atoms with van der Waals surface area (Å²) in [7, 11) is 0. The molecule has 3 aromatic rings. The average Bonchev–Trinajstić information content (AvgIpc) is 3.15. The predicted molar refractivity (Wildman–Crippen MR) is 105 cm³/mol. The molecule has 0 spiro atoms. The van der Waals surface area contributed by atoms with E-state index in [0.717, 1.165) is 23.9 Å². The molecule has 0 aliphatic rings. The normalized spacial score (nSPS) is 12.3. The number of aromatic nitrogens is 4. The largest absolute Gasteiger partial charge is 0.573 e. The van der Waals surface area contributed by atoms with Crippen LogP contribution in [0, 0.1) is 0 Å². The van der Waals surface area contributed by atoms with Crippen LogP contribution in [-0.4, -0.2) is 43.6 Å². The first-order valence-electron chi connectivity index (χ1n) is 8.64. The Labute approximate surface area is 177 Å². The van der Waals surface area contributed by atoms with Crippen molar-refractivity contribution in [2.75, 3.05) is 5.32 Å². The maximum atomic E-state index is 12.5. The van der Waals surface area contributed by atoms with Gasteiger partial charge in [0.25, 0.3) is 0 Å². The number of nitrogens with two attached hydrogens (primary N) is 1. The molecule has 9 nitrogen and oxygen atoms in total. The number of alkyl halides is 3. The van der Waals surface area contributed by atoms with E-state index in [1.807, 2.05) is 0 Å². The van der Waals surface area contributed by atoms with E-state index < -0.39 is 17.5 Å². The van der Waals surface area contributed by atoms with Crippen molar-refractivity contribution in [2.45, 2.75) is 23.7 Å². The van der Waals surface area contributed by atoms with Crippen molar-refractivity contribution in [3.8, 4) is 11.4 Å². The summed E-state index contributed by atoms with van der Waals surface area (Å²) in [5.41, 5.74) is 6.35. The van der Waals surface area contributed by atoms with Crippen LogP contribution >= 0.6 is 11.8 Å². The summed E-state index contributed by atoms with van der Waals surface area (Å²) < 4.78 is 42.0. The first-order valence-corrected chi connectivity index (χ1v) is 9.52. The minimum absolute atomic E-state index is 0.260. The number of hydrogen-bond donors (Lipinski definition) is 2. The monoisotopic (exact) mass is 452 g/mol. The molecule has 0 fully saturated rings. The van der Waals surface area contributed by atoms with Crippen molar-refractivity contribution in [1.82, 2.24) is 20.2 Å². The standard InChI is InChI=1S/C18H15F3N6O3S/c1-10(16(29)23-12-4-2-11(3-5-12)15(22)28)31-17-24-25-26-27(17)13-6-8-14(9-7-13)30-18(19,20)21/h2-10H,1H3,(H2,22,28)(H,23,29). The second kappa shape index (κ2) is 9.04. The van der Waals surface area contributed by atoms with Crippen molar-refractivity contribution < 1.29 is 27.5 Å². The van der Waals surface area contributed by atoms with Crippen LogP contribution in [0.25, 0.3) is 5.69 Å². The van der Waals surface area contributed by atoms with Crippen molar-refractivity contribution in [2.24, 2.45) is 5.73 Å². The van der Waals surface area contributed by atoms with Gasteiger partial charge in [0.15, 0.2) is 0 Å². The van der Waals surface area contributed by atoms with E-state index in [1.54, 1.807) is 19.1 Å². The van der Waals surface area contributed by atoms with Gasteiger partial charge in [-0.1, -0.05) is 11.8 Å². The number of halogens is 3. The molecule has 0 saturated carbocycles. The maximum absolute atomic E-state index is 12.5. The number of benzene rings is 2. The highest BCUT2D eigenvalue weighted by Gasteiger charge is 2.31. The van der Waals surface area contributed by atoms with Crippen LogP contribution in [0.2, 0.25) is 0 Å². The second-order valence-electron chi connectivity index (χ2n) is 6.11. The number of carbonyl (C=O) groups excluding carboxylic acids is 2. The Kier molecular flexibility index (Phi) is 6.44. The topological polar surface area (TPSA) is 125 Å². The first kappa shape index (κ1) is 22.1. The molecule has 0 radical (unpaired) electrons. The van der Waals surface area contributed by atoms with E-state index in [1.165, 1.54) is 28.9 Å². The molecule has 31 heavy (non-hydrogen) atoms. The molecular formula is C18H15F3N6O3S. The molecular weight excluding hydrogens is 437 g/mol. The molecule has 0 aliphatic carbocycles. The van der Waals surface area contributed by atoms with E-state index in [2.05, 4.69) is 25.6 Å². The van der Waals surface area contributed by atoms with E-state index >= 15 is 0 Å². The minimum Gasteiger partial charge on any atom is -0.406 e. The third-order valence-electron chi connectivity index (χ3n) is 3.84. The zero-order valence-electron chi connectivity index (χ0n) is 15.8. The molecule has 0 aliphatic heterocycles. The highest BCUT2D eigenvalue weighted by molar-refractivity contribution is 8.00. The van der Waals surface area contributed by atoms with Gasteiger partial charge in [-0.3, -0.25) is 9.59 Å². The van der Waals surface area contributed by atoms with E-state index in [9.17, 15) is 22.8 Å². The molecule has 0 saturated heterocycles. The lowest BCUT2D eigenvalue weighted by Gasteiger charge is -2.12. The van der Waals surface area contributed by atoms with Crippen LogP contribution in [-0.2, 0) is 4.79 Å². The lowest BCUT2D eigenvalue weighted by molar-refractivity contribution is -0.274. The molecule has 13 heteroatoms. The quantitative estimate of drug-likeness (QED) is 0.528. The van der Waals surface area contributed by atoms with Gasteiger partial charge in [-0.2, -0.15) is 4.68 Å². The summed E-state index contributed by atoms with van der Waals surface area (Å²) in [5, 5.41) is 13.6. The Morgan fingerprint density at radius 2 is 1.77 bits per heavy atom. The third kappa shape index (κ3) is 5.94. The number of rotatable bonds is 7. The summed E-state index contributed by atoms with van der Waals surface area (Å²) in [6.07, 6.45) is -4.79. The lowest BCUT2D eigenvalue weighted by Crippen LogP contribution is -2.23. The van der Waals surface area contributed by atoms with Crippen molar-refractivity contribution in [3.63, 3.8) is 0 Å². The fourth-order valence-corrected chi connectivity index (χ4v) is 3.18. The number of ether oxygens (including phenoxy) is 1. The van der Waals surface area contributed by atoms with Crippen LogP contribution in [0.5, 0.6) is 5.75 Å². The first-order chi connectivity index (χ1) is 14.6. The Balaban J connectivity index is 1.66. The highest BCUT2D eigenvalue weighted by atomic mass is 32.2. The Bertz CT molecular complexity index is 1070. The van der Waals surface area contributed by atoms with Crippen molar-refractivity contribution >= 4 is 29.3 Å². The van der Waals surface area contributed by atoms with Crippen LogP contribution < -0.4 is 15.8 Å². The fourth-order valence-electron chi connectivity index (χ4n) is 2.38. The minimum atomic E-state index is -4.79. The molecule has 0 bridgehead atoms. The second-order valence-corrected chi connectivity index (χ2v) is 7.41. The molecule has 3 N–H and O–H groups in total. The van der Waals surface area contributed by atoms with Crippen molar-refractivity contribution in [3.05, 3.63) is 54.1 Å². The number of nitrogens with one attached hydrogen (secondary N) is 1. The lowest BCUT2D eigenvalue weighted by atomic mass is 10.2. The van der Waals surface area contributed by atoms with Gasteiger partial charge in [0, 0.05) is 11.3 Å². The summed E-state index contributed by atoms with van der Waals surface area (Å²) in [4.78, 5) is 23.6. The summed E-state index contributed by atoms with van der Waals surface area (Å²) in [6, 6.07) is 11.0. The van der Waals surface area contributed by atoms with Gasteiger partial charge in [0.05, 0.1) is 10.9 Å². The van der Waals surface area contributed by atoms with Gasteiger partial charge in [-0.25, -0.2) is 0 Å². The van der Waals surface area contributed by atoms with E-state index in [4.69, 9.17) is 5.73 Å². The van der Waals surface area contributed by atoms with Gasteiger partial charge >= 0.3 is 6.36 Å². The van der Waals surface area contributed by atoms with E-state index in [0.29, 0.717) is 16.9 Å². The zero-order valence-corrected chi connectivity index (χ0v) is 16.6. The number of primary amides is 1. The van der Waals surface area contributed by atoms with Crippen LogP contribution in [0.1, 0.15) is 17.3 Å². The Hall–Kier alpha value is -3.61. The Morgan fingerprint density at radius 3 is 2.35 bits per heavy atom. The summed E-state index contributed by atoms with van der Waals surface area (Å²) in [5.74, 6) is -1.31. The van der Waals surface area contributed by atoms with Gasteiger partial charge in [-0.05, 0) is 65.9 Å². The number of nitrogens with zero attached hydrogens (tertiary/aromatic N) is 4. The summed E-state index contributed by atoms with van der Waals surface area (Å²) >= 11 is 1.05. The number of hydrogen-bond acceptors (Lipinski definition) is 7. The van der Waals surface area contributed by atoms with Crippen LogP contribution in [0.15, 0.2) is 53.7 Å². The molecule has 1 unspecified atom stereocenters. The molecule has 1 heterocycles. The van der Waals surface area contributed by atoms with Gasteiger partial charge in [0.2, 0.25) is 17.0 Å². The van der Waals surface area contributed by atoms with Crippen LogP contribution in [0.4, 0.5) is 18.9 Å². The molecule has 2 aromatic carbocycles. The van der Waals surface area contributed by atoms with Crippen molar-refractivity contribution in [1.29, 1.82) is 0 Å². The number of carbonyl (C=O) groups is 2. The number of thioether (sulfide) groups is 1. The van der Waals surface area contributed by atoms with E-state index in [-0.39, 0.29) is 16.8 Å². The van der Waals surface area contributed by atoms with Gasteiger partial charge in [-0.15, -0.1) is 18.3 Å². The SMILES string of the molecule is CC(Sc1nnnn1-c1ccc(OC(F)(F)F)cc1)C(=O)Nc1ccc(C(N)=O)cc1. The molecule has 2 amide bonds. The smallest absolute Gasteiger partial charge is 0.406 e.